The first-order valence-electron chi connectivity index (χ1n) is 20.2. The van der Waals surface area contributed by atoms with E-state index < -0.39 is 12.1 Å². The number of amides is 1. The Bertz CT molecular complexity index is 853. The third-order valence-corrected chi connectivity index (χ3v) is 8.64. The van der Waals surface area contributed by atoms with Crippen LogP contribution in [0.5, 0.6) is 0 Å². The Balaban J connectivity index is 3.72. The molecule has 0 aromatic carbocycles. The van der Waals surface area contributed by atoms with Crippen LogP contribution in [-0.2, 0) is 4.79 Å². The summed E-state index contributed by atoms with van der Waals surface area (Å²) in [6.07, 6.45) is 55.6. The number of nitrogens with one attached hydrogen (secondary N) is 1. The van der Waals surface area contributed by atoms with Crippen molar-refractivity contribution in [2.45, 2.75) is 193 Å². The SMILES string of the molecule is CCCCCCC/C=C\C/C=C\C/C=C\CCCCCCCCC(=O)NC(CO)C(O)/C=C/CC/C=C/CC/C=C/CCCCCCC. The molecule has 0 saturated heterocycles. The Morgan fingerprint density at radius 2 is 0.875 bits per heavy atom. The Morgan fingerprint density at radius 1 is 0.500 bits per heavy atom. The molecule has 1 amide bonds. The van der Waals surface area contributed by atoms with Crippen molar-refractivity contribution in [3.8, 4) is 0 Å². The first-order valence-corrected chi connectivity index (χ1v) is 20.2. The molecule has 0 aliphatic rings. The van der Waals surface area contributed by atoms with Crippen molar-refractivity contribution in [1.29, 1.82) is 0 Å². The summed E-state index contributed by atoms with van der Waals surface area (Å²) in [4.78, 5) is 12.3. The second kappa shape index (κ2) is 39.3. The van der Waals surface area contributed by atoms with Gasteiger partial charge in [0, 0.05) is 6.42 Å². The summed E-state index contributed by atoms with van der Waals surface area (Å²) in [6.45, 7) is 4.24. The average Bonchev–Trinajstić information content (AvgIpc) is 3.09. The lowest BCUT2D eigenvalue weighted by molar-refractivity contribution is -0.123. The van der Waals surface area contributed by atoms with Gasteiger partial charge in [-0.25, -0.2) is 0 Å². The summed E-state index contributed by atoms with van der Waals surface area (Å²) in [5.41, 5.74) is 0. The Hall–Kier alpha value is -2.17. The quantitative estimate of drug-likeness (QED) is 0.0465. The van der Waals surface area contributed by atoms with Gasteiger partial charge in [0.2, 0.25) is 5.91 Å². The van der Waals surface area contributed by atoms with Gasteiger partial charge in [-0.2, -0.15) is 0 Å². The van der Waals surface area contributed by atoms with Crippen LogP contribution < -0.4 is 5.32 Å². The van der Waals surface area contributed by atoms with Gasteiger partial charge in [0.1, 0.15) is 0 Å². The van der Waals surface area contributed by atoms with Crippen molar-refractivity contribution in [3.05, 3.63) is 72.9 Å². The zero-order chi connectivity index (χ0) is 35.0. The lowest BCUT2D eigenvalue weighted by atomic mass is 10.1. The fourth-order valence-electron chi connectivity index (χ4n) is 5.51. The molecule has 0 heterocycles. The van der Waals surface area contributed by atoms with Crippen molar-refractivity contribution in [3.63, 3.8) is 0 Å². The van der Waals surface area contributed by atoms with Gasteiger partial charge in [-0.3, -0.25) is 4.79 Å². The van der Waals surface area contributed by atoms with Gasteiger partial charge >= 0.3 is 0 Å². The zero-order valence-corrected chi connectivity index (χ0v) is 31.5. The van der Waals surface area contributed by atoms with Crippen LogP contribution in [0.1, 0.15) is 181 Å². The number of aliphatic hydroxyl groups excluding tert-OH is 2. The van der Waals surface area contributed by atoms with Gasteiger partial charge in [-0.15, -0.1) is 0 Å². The molecule has 276 valence electrons. The monoisotopic (exact) mass is 668 g/mol. The maximum atomic E-state index is 12.3. The number of unbranched alkanes of at least 4 members (excludes halogenated alkanes) is 18. The van der Waals surface area contributed by atoms with Gasteiger partial charge in [-0.1, -0.05) is 164 Å². The first kappa shape index (κ1) is 45.8. The minimum absolute atomic E-state index is 0.0945. The molecular formula is C44H77NO3. The predicted octanol–water partition coefficient (Wildman–Crippen LogP) is 12.3. The van der Waals surface area contributed by atoms with E-state index in [0.717, 1.165) is 64.2 Å². The van der Waals surface area contributed by atoms with Crippen LogP contribution >= 0.6 is 0 Å². The second-order valence-electron chi connectivity index (χ2n) is 13.3. The summed E-state index contributed by atoms with van der Waals surface area (Å²) in [6, 6.07) is -0.655. The highest BCUT2D eigenvalue weighted by Crippen LogP contribution is 2.11. The molecule has 4 nitrogen and oxygen atoms in total. The van der Waals surface area contributed by atoms with Gasteiger partial charge < -0.3 is 15.5 Å². The maximum Gasteiger partial charge on any atom is 0.220 e. The molecule has 0 radical (unpaired) electrons. The largest absolute Gasteiger partial charge is 0.394 e. The molecule has 2 unspecified atom stereocenters. The molecule has 0 aliphatic heterocycles. The molecule has 0 rings (SSSR count). The van der Waals surface area contributed by atoms with Crippen LogP contribution in [0.2, 0.25) is 0 Å². The highest BCUT2D eigenvalue weighted by molar-refractivity contribution is 5.76. The van der Waals surface area contributed by atoms with E-state index in [1.54, 1.807) is 6.08 Å². The molecule has 0 aromatic heterocycles. The Kier molecular flexibility index (Phi) is 37.5. The van der Waals surface area contributed by atoms with Crippen molar-refractivity contribution < 1.29 is 15.0 Å². The minimum atomic E-state index is -0.878. The summed E-state index contributed by atoms with van der Waals surface area (Å²) < 4.78 is 0. The topological polar surface area (TPSA) is 69.6 Å². The molecule has 48 heavy (non-hydrogen) atoms. The smallest absolute Gasteiger partial charge is 0.220 e. The molecule has 0 aromatic rings. The van der Waals surface area contributed by atoms with E-state index in [1.165, 1.54) is 96.3 Å². The van der Waals surface area contributed by atoms with Crippen LogP contribution in [0, 0.1) is 0 Å². The van der Waals surface area contributed by atoms with E-state index >= 15 is 0 Å². The molecule has 0 aliphatic carbocycles. The van der Waals surface area contributed by atoms with Gasteiger partial charge in [0.15, 0.2) is 0 Å². The number of rotatable bonds is 35. The standard InChI is InChI=1S/C44H77NO3/c1-3-5-7-9-11-13-15-17-19-20-21-22-23-24-26-28-30-32-34-36-38-40-44(48)45-42(41-46)43(47)39-37-35-33-31-29-27-25-18-16-14-12-10-8-6-4-2/h15-18,20-21,23-24,29,31,37,39,42-43,46-47H,3-14,19,22,25-28,30,32-36,38,40-41H2,1-2H3,(H,45,48)/b17-15-,18-16+,21-20-,24-23-,31-29+,39-37+. The van der Waals surface area contributed by atoms with Crippen LogP contribution in [0.4, 0.5) is 0 Å². The van der Waals surface area contributed by atoms with Crippen LogP contribution in [0.3, 0.4) is 0 Å². The summed E-state index contributed by atoms with van der Waals surface area (Å²) in [7, 11) is 0. The highest BCUT2D eigenvalue weighted by atomic mass is 16.3. The highest BCUT2D eigenvalue weighted by Gasteiger charge is 2.17. The molecule has 3 N–H and O–H groups in total. The van der Waals surface area contributed by atoms with E-state index in [0.29, 0.717) is 6.42 Å². The molecule has 0 saturated carbocycles. The number of carbonyl (C=O) groups is 1. The molecule has 0 spiro atoms. The fourth-order valence-corrected chi connectivity index (χ4v) is 5.51. The summed E-state index contributed by atoms with van der Waals surface area (Å²) in [5.74, 6) is -0.0945. The first-order chi connectivity index (χ1) is 23.7. The minimum Gasteiger partial charge on any atom is -0.394 e. The Morgan fingerprint density at radius 3 is 1.35 bits per heavy atom. The third-order valence-electron chi connectivity index (χ3n) is 8.64. The number of hydrogen-bond donors (Lipinski definition) is 3. The van der Waals surface area contributed by atoms with E-state index in [-0.39, 0.29) is 12.5 Å². The third kappa shape index (κ3) is 35.1. The lowest BCUT2D eigenvalue weighted by Gasteiger charge is -2.19. The number of aliphatic hydroxyl groups is 2. The fraction of sp³-hybridized carbons (Fsp3) is 0.705. The zero-order valence-electron chi connectivity index (χ0n) is 31.5. The van der Waals surface area contributed by atoms with Gasteiger partial charge in [0.05, 0.1) is 18.8 Å². The summed E-state index contributed by atoms with van der Waals surface area (Å²) >= 11 is 0. The molecule has 0 bridgehead atoms. The molecule has 2 atom stereocenters. The lowest BCUT2D eigenvalue weighted by Crippen LogP contribution is -2.45. The van der Waals surface area contributed by atoms with Gasteiger partial charge in [-0.05, 0) is 83.5 Å². The van der Waals surface area contributed by atoms with E-state index in [2.05, 4.69) is 79.9 Å². The predicted molar refractivity (Wildman–Crippen MR) is 211 cm³/mol. The van der Waals surface area contributed by atoms with E-state index in [1.807, 2.05) is 6.08 Å². The molecular weight excluding hydrogens is 590 g/mol. The van der Waals surface area contributed by atoms with E-state index in [4.69, 9.17) is 0 Å². The summed E-state index contributed by atoms with van der Waals surface area (Å²) in [5, 5.41) is 22.9. The van der Waals surface area contributed by atoms with Crippen molar-refractivity contribution in [1.82, 2.24) is 5.32 Å². The number of carbonyl (C=O) groups excluding carboxylic acids is 1. The van der Waals surface area contributed by atoms with Crippen molar-refractivity contribution >= 4 is 5.91 Å². The van der Waals surface area contributed by atoms with Crippen molar-refractivity contribution in [2.24, 2.45) is 0 Å². The molecule has 4 heteroatoms. The van der Waals surface area contributed by atoms with Crippen LogP contribution in [0.15, 0.2) is 72.9 Å². The number of allylic oxidation sites excluding steroid dienone is 11. The Labute approximate surface area is 298 Å². The normalized spacial score (nSPS) is 13.8. The average molecular weight is 668 g/mol. The molecule has 0 fully saturated rings. The van der Waals surface area contributed by atoms with Crippen LogP contribution in [0.25, 0.3) is 0 Å². The van der Waals surface area contributed by atoms with Crippen molar-refractivity contribution in [2.75, 3.05) is 6.61 Å². The van der Waals surface area contributed by atoms with Crippen LogP contribution in [-0.4, -0.2) is 34.9 Å². The number of hydrogen-bond acceptors (Lipinski definition) is 3. The second-order valence-corrected chi connectivity index (χ2v) is 13.3. The maximum absolute atomic E-state index is 12.3. The van der Waals surface area contributed by atoms with Gasteiger partial charge in [0.25, 0.3) is 0 Å². The van der Waals surface area contributed by atoms with E-state index in [9.17, 15) is 15.0 Å².